The number of nitrogens with zero attached hydrogens (tertiary/aromatic N) is 1. The molecule has 0 spiro atoms. The highest BCUT2D eigenvalue weighted by Crippen LogP contribution is 2.34. The molecule has 4 unspecified atom stereocenters. The molecule has 4 heteroatoms. The highest BCUT2D eigenvalue weighted by Gasteiger charge is 2.38. The van der Waals surface area contributed by atoms with Gasteiger partial charge in [0.15, 0.2) is 0 Å². The topological polar surface area (TPSA) is 32.3 Å². The molecule has 0 radical (unpaired) electrons. The van der Waals surface area contributed by atoms with Crippen LogP contribution < -0.4 is 5.32 Å². The van der Waals surface area contributed by atoms with Crippen molar-refractivity contribution in [3.05, 3.63) is 0 Å². The number of hydrogen-bond donors (Lipinski definition) is 1. The van der Waals surface area contributed by atoms with Gasteiger partial charge in [0, 0.05) is 54.0 Å². The summed E-state index contributed by atoms with van der Waals surface area (Å²) in [6.07, 6.45) is 4.62. The Balaban J connectivity index is 1.97. The largest absolute Gasteiger partial charge is 0.311 e. The Hall–Kier alpha value is 0.0700. The van der Waals surface area contributed by atoms with Crippen molar-refractivity contribution in [3.8, 4) is 0 Å². The number of hydrogen-bond acceptors (Lipinski definition) is 3. The lowest BCUT2D eigenvalue weighted by molar-refractivity contribution is 0.0935. The van der Waals surface area contributed by atoms with Crippen molar-refractivity contribution in [2.45, 2.75) is 50.9 Å². The fraction of sp³-hybridized carbons (Fsp3) is 1.00. The highest BCUT2D eigenvalue weighted by atomic mass is 32.2. The molecule has 1 aliphatic heterocycles. The smallest absolute Gasteiger partial charge is 0.0444 e. The Labute approximate surface area is 114 Å². The van der Waals surface area contributed by atoms with E-state index in [4.69, 9.17) is 0 Å². The minimum absolute atomic E-state index is 0.282. The van der Waals surface area contributed by atoms with Gasteiger partial charge in [-0.1, -0.05) is 13.8 Å². The second-order valence-corrected chi connectivity index (χ2v) is 8.23. The lowest BCUT2D eigenvalue weighted by Gasteiger charge is -2.43. The molecule has 1 saturated carbocycles. The first kappa shape index (κ1) is 14.5. The summed E-state index contributed by atoms with van der Waals surface area (Å²) in [6, 6.07) is 1.28. The highest BCUT2D eigenvalue weighted by molar-refractivity contribution is 7.84. The summed E-state index contributed by atoms with van der Waals surface area (Å²) in [5.41, 5.74) is 0. The van der Waals surface area contributed by atoms with Crippen LogP contribution in [0.4, 0.5) is 0 Å². The van der Waals surface area contributed by atoms with Gasteiger partial charge < -0.3 is 5.32 Å². The Morgan fingerprint density at radius 1 is 1.33 bits per heavy atom. The van der Waals surface area contributed by atoms with E-state index < -0.39 is 10.8 Å². The SMILES string of the molecule is CC(C)C1CNC(C2CC2)CN1CC(C)S(C)=O. The summed E-state index contributed by atoms with van der Waals surface area (Å²) in [6.45, 7) is 9.93. The molecule has 2 aliphatic rings. The molecule has 106 valence electrons. The molecule has 1 saturated heterocycles. The van der Waals surface area contributed by atoms with Crippen molar-refractivity contribution in [1.29, 1.82) is 0 Å². The lowest BCUT2D eigenvalue weighted by atomic mass is 9.97. The van der Waals surface area contributed by atoms with Crippen molar-refractivity contribution in [2.24, 2.45) is 11.8 Å². The first-order valence-electron chi connectivity index (χ1n) is 7.28. The van der Waals surface area contributed by atoms with Gasteiger partial charge in [0.25, 0.3) is 0 Å². The molecule has 0 aromatic heterocycles. The molecule has 0 amide bonds. The van der Waals surface area contributed by atoms with Gasteiger partial charge in [-0.15, -0.1) is 0 Å². The van der Waals surface area contributed by atoms with Crippen LogP contribution in [0.5, 0.6) is 0 Å². The van der Waals surface area contributed by atoms with Gasteiger partial charge in [0.2, 0.25) is 0 Å². The van der Waals surface area contributed by atoms with Gasteiger partial charge in [0.1, 0.15) is 0 Å². The van der Waals surface area contributed by atoms with Crippen molar-refractivity contribution in [2.75, 3.05) is 25.9 Å². The molecule has 1 N–H and O–H groups in total. The third-order valence-electron chi connectivity index (χ3n) is 4.51. The van der Waals surface area contributed by atoms with Gasteiger partial charge in [-0.05, 0) is 31.6 Å². The molecule has 0 aromatic carbocycles. The molecule has 1 aliphatic carbocycles. The molecule has 3 nitrogen and oxygen atoms in total. The van der Waals surface area contributed by atoms with Crippen LogP contribution in [0.3, 0.4) is 0 Å². The minimum Gasteiger partial charge on any atom is -0.311 e. The Morgan fingerprint density at radius 3 is 2.50 bits per heavy atom. The fourth-order valence-electron chi connectivity index (χ4n) is 2.97. The second-order valence-electron chi connectivity index (χ2n) is 6.43. The molecule has 0 bridgehead atoms. The van der Waals surface area contributed by atoms with Crippen LogP contribution in [0, 0.1) is 11.8 Å². The summed E-state index contributed by atoms with van der Waals surface area (Å²) >= 11 is 0. The van der Waals surface area contributed by atoms with E-state index in [1.807, 2.05) is 6.26 Å². The van der Waals surface area contributed by atoms with Crippen molar-refractivity contribution in [1.82, 2.24) is 10.2 Å². The zero-order chi connectivity index (χ0) is 13.3. The Kier molecular flexibility index (Phi) is 4.84. The Morgan fingerprint density at radius 2 is 2.00 bits per heavy atom. The third kappa shape index (κ3) is 3.55. The summed E-state index contributed by atoms with van der Waals surface area (Å²) in [5.74, 6) is 1.57. The van der Waals surface area contributed by atoms with E-state index in [0.29, 0.717) is 18.0 Å². The average molecular weight is 272 g/mol. The molecular weight excluding hydrogens is 244 g/mol. The predicted octanol–water partition coefficient (Wildman–Crippen LogP) is 1.46. The van der Waals surface area contributed by atoms with Crippen molar-refractivity contribution < 1.29 is 4.21 Å². The third-order valence-corrected chi connectivity index (χ3v) is 5.79. The van der Waals surface area contributed by atoms with Gasteiger partial charge in [-0.2, -0.15) is 0 Å². The van der Waals surface area contributed by atoms with E-state index in [2.05, 4.69) is 31.0 Å². The average Bonchev–Trinajstić information content (AvgIpc) is 3.12. The van der Waals surface area contributed by atoms with Crippen LogP contribution in [-0.4, -0.2) is 52.3 Å². The summed E-state index contributed by atoms with van der Waals surface area (Å²) in [4.78, 5) is 2.59. The normalized spacial score (nSPS) is 33.6. The van der Waals surface area contributed by atoms with E-state index >= 15 is 0 Å². The minimum atomic E-state index is -0.709. The summed E-state index contributed by atoms with van der Waals surface area (Å²) < 4.78 is 11.6. The standard InChI is InChI=1S/C14H28N2OS/c1-10(2)14-7-15-13(12-5-6-12)9-16(14)8-11(3)18(4)17/h10-15H,5-9H2,1-4H3. The van der Waals surface area contributed by atoms with Crippen LogP contribution in [0.25, 0.3) is 0 Å². The lowest BCUT2D eigenvalue weighted by Crippen LogP contribution is -2.60. The summed E-state index contributed by atoms with van der Waals surface area (Å²) in [7, 11) is -0.709. The molecule has 1 heterocycles. The zero-order valence-corrected chi connectivity index (χ0v) is 13.0. The molecule has 18 heavy (non-hydrogen) atoms. The van der Waals surface area contributed by atoms with Gasteiger partial charge in [-0.25, -0.2) is 0 Å². The first-order chi connectivity index (χ1) is 8.49. The van der Waals surface area contributed by atoms with E-state index in [1.54, 1.807) is 0 Å². The molecule has 2 rings (SSSR count). The number of rotatable bonds is 5. The van der Waals surface area contributed by atoms with Crippen LogP contribution in [0.1, 0.15) is 33.6 Å². The van der Waals surface area contributed by atoms with Crippen LogP contribution in [0.2, 0.25) is 0 Å². The van der Waals surface area contributed by atoms with E-state index in [9.17, 15) is 4.21 Å². The van der Waals surface area contributed by atoms with E-state index in [1.165, 1.54) is 12.8 Å². The first-order valence-corrected chi connectivity index (χ1v) is 8.90. The van der Waals surface area contributed by atoms with E-state index in [-0.39, 0.29) is 5.25 Å². The van der Waals surface area contributed by atoms with Gasteiger partial charge in [0.05, 0.1) is 0 Å². The van der Waals surface area contributed by atoms with Crippen molar-refractivity contribution in [3.63, 3.8) is 0 Å². The maximum absolute atomic E-state index is 11.6. The molecule has 4 atom stereocenters. The van der Waals surface area contributed by atoms with Crippen LogP contribution in [-0.2, 0) is 10.8 Å². The van der Waals surface area contributed by atoms with Gasteiger partial charge >= 0.3 is 0 Å². The monoisotopic (exact) mass is 272 g/mol. The zero-order valence-electron chi connectivity index (χ0n) is 12.2. The van der Waals surface area contributed by atoms with Crippen molar-refractivity contribution >= 4 is 10.8 Å². The maximum atomic E-state index is 11.6. The van der Waals surface area contributed by atoms with Crippen LogP contribution >= 0.6 is 0 Å². The Bertz CT molecular complexity index is 304. The number of nitrogens with one attached hydrogen (secondary N) is 1. The number of piperazine rings is 1. The predicted molar refractivity (Wildman–Crippen MR) is 78.2 cm³/mol. The van der Waals surface area contributed by atoms with Crippen LogP contribution in [0.15, 0.2) is 0 Å². The molecular formula is C14H28N2OS. The quantitative estimate of drug-likeness (QED) is 0.822. The van der Waals surface area contributed by atoms with Gasteiger partial charge in [-0.3, -0.25) is 9.11 Å². The molecule has 0 aromatic rings. The molecule has 2 fully saturated rings. The second kappa shape index (κ2) is 6.02. The van der Waals surface area contributed by atoms with E-state index in [0.717, 1.165) is 25.6 Å². The fourth-order valence-corrected chi connectivity index (χ4v) is 3.37. The summed E-state index contributed by atoms with van der Waals surface area (Å²) in [5, 5.41) is 4.01. The maximum Gasteiger partial charge on any atom is 0.0444 e.